The molecule has 2 N–H and O–H groups in total. The molecule has 1 aliphatic carbocycles. The van der Waals surface area contributed by atoms with Crippen LogP contribution in [0.1, 0.15) is 40.9 Å². The van der Waals surface area contributed by atoms with E-state index < -0.39 is 5.54 Å². The zero-order valence-electron chi connectivity index (χ0n) is 17.3. The van der Waals surface area contributed by atoms with Gasteiger partial charge in [0.25, 0.3) is 0 Å². The second-order valence-electron chi connectivity index (χ2n) is 7.29. The number of amides is 2. The molecule has 2 aromatic rings. The van der Waals surface area contributed by atoms with Crippen LogP contribution in [0, 0.1) is 11.3 Å². The van der Waals surface area contributed by atoms with Crippen LogP contribution in [0.3, 0.4) is 0 Å². The molecule has 0 bridgehead atoms. The molecule has 1 fully saturated rings. The molecule has 160 valence electrons. The van der Waals surface area contributed by atoms with E-state index >= 15 is 0 Å². The largest absolute Gasteiger partial charge is 0.493 e. The van der Waals surface area contributed by atoms with Crippen molar-refractivity contribution in [2.24, 2.45) is 0 Å². The topological polar surface area (TPSA) is 104 Å². The molecule has 7 nitrogen and oxygen atoms in total. The Balaban J connectivity index is 1.53. The summed E-state index contributed by atoms with van der Waals surface area (Å²) in [6.07, 6.45) is 4.87. The molecular formula is C23H24N4O3S. The number of aromatic nitrogens is 1. The molecule has 8 heteroatoms. The lowest BCUT2D eigenvalue weighted by atomic mass is 10.2. The molecule has 1 saturated carbocycles. The molecule has 0 atom stereocenters. The van der Waals surface area contributed by atoms with E-state index in [0.717, 1.165) is 10.4 Å². The Kier molecular flexibility index (Phi) is 7.21. The molecule has 0 unspecified atom stereocenters. The summed E-state index contributed by atoms with van der Waals surface area (Å²) in [6.45, 7) is 5.96. The Morgan fingerprint density at radius 2 is 2.06 bits per heavy atom. The molecule has 0 radical (unpaired) electrons. The molecule has 31 heavy (non-hydrogen) atoms. The van der Waals surface area contributed by atoms with E-state index in [1.807, 2.05) is 43.3 Å². The van der Waals surface area contributed by atoms with Crippen molar-refractivity contribution in [2.75, 3.05) is 6.54 Å². The van der Waals surface area contributed by atoms with Crippen molar-refractivity contribution in [3.8, 4) is 6.07 Å². The number of thiazole rings is 1. The summed E-state index contributed by atoms with van der Waals surface area (Å²) in [5.41, 5.74) is 1.02. The van der Waals surface area contributed by atoms with E-state index in [0.29, 0.717) is 35.9 Å². The van der Waals surface area contributed by atoms with Gasteiger partial charge in [-0.15, -0.1) is 11.3 Å². The fourth-order valence-electron chi connectivity index (χ4n) is 2.80. The SMILES string of the molecule is C=Cc1sc(CC(=O)NCC(=O)NC2(C#N)CC2)nc1/C=C(\C)OCc1ccccc1. The third-order valence-electron chi connectivity index (χ3n) is 4.66. The molecule has 1 heterocycles. The summed E-state index contributed by atoms with van der Waals surface area (Å²) in [5, 5.41) is 14.8. The minimum Gasteiger partial charge on any atom is -0.493 e. The Morgan fingerprint density at radius 1 is 1.32 bits per heavy atom. The van der Waals surface area contributed by atoms with Crippen molar-refractivity contribution in [3.63, 3.8) is 0 Å². The van der Waals surface area contributed by atoms with Crippen LogP contribution < -0.4 is 10.6 Å². The number of benzene rings is 1. The van der Waals surface area contributed by atoms with Crippen LogP contribution in [0.4, 0.5) is 0 Å². The van der Waals surface area contributed by atoms with Gasteiger partial charge in [-0.2, -0.15) is 5.26 Å². The van der Waals surface area contributed by atoms with Crippen LogP contribution in [-0.4, -0.2) is 28.9 Å². The van der Waals surface area contributed by atoms with E-state index in [1.54, 1.807) is 6.08 Å². The maximum atomic E-state index is 12.2. The minimum absolute atomic E-state index is 0.0555. The van der Waals surface area contributed by atoms with Gasteiger partial charge in [0.15, 0.2) is 0 Å². The molecule has 3 rings (SSSR count). The van der Waals surface area contributed by atoms with E-state index in [1.165, 1.54) is 11.3 Å². The summed E-state index contributed by atoms with van der Waals surface area (Å²) in [7, 11) is 0. The van der Waals surface area contributed by atoms with E-state index in [2.05, 4.69) is 28.3 Å². The summed E-state index contributed by atoms with van der Waals surface area (Å²) < 4.78 is 5.79. The Morgan fingerprint density at radius 3 is 2.71 bits per heavy atom. The molecule has 1 aromatic carbocycles. The highest BCUT2D eigenvalue weighted by Crippen LogP contribution is 2.34. The monoisotopic (exact) mass is 436 g/mol. The molecule has 0 spiro atoms. The normalized spacial score (nSPS) is 14.3. The Labute approximate surface area is 185 Å². The molecule has 1 aliphatic rings. The highest BCUT2D eigenvalue weighted by Gasteiger charge is 2.44. The van der Waals surface area contributed by atoms with Crippen LogP contribution in [0.5, 0.6) is 0 Å². The number of allylic oxidation sites excluding steroid dienone is 1. The van der Waals surface area contributed by atoms with Crippen molar-refractivity contribution < 1.29 is 14.3 Å². The van der Waals surface area contributed by atoms with Gasteiger partial charge in [0.1, 0.15) is 17.2 Å². The standard InChI is InChI=1S/C23H24N4O3S/c1-3-19-18(11-16(2)30-14-17-7-5-4-6-8-17)26-22(31-19)12-20(28)25-13-21(29)27-23(15-24)9-10-23/h3-8,11H,1,9-10,12-14H2,2H3,(H,25,28)(H,27,29)/b16-11+. The van der Waals surface area contributed by atoms with Crippen molar-refractivity contribution >= 4 is 35.3 Å². The van der Waals surface area contributed by atoms with Crippen LogP contribution in [-0.2, 0) is 27.4 Å². The highest BCUT2D eigenvalue weighted by atomic mass is 32.1. The van der Waals surface area contributed by atoms with Gasteiger partial charge < -0.3 is 15.4 Å². The molecule has 1 aromatic heterocycles. The summed E-state index contributed by atoms with van der Waals surface area (Å²) in [5.74, 6) is 0.0263. The molecule has 0 aliphatic heterocycles. The first-order valence-corrected chi connectivity index (χ1v) is 10.7. The molecule has 0 saturated heterocycles. The first-order valence-electron chi connectivity index (χ1n) is 9.89. The lowest BCUT2D eigenvalue weighted by Crippen LogP contribution is -2.43. The van der Waals surface area contributed by atoms with Gasteiger partial charge in [-0.1, -0.05) is 36.9 Å². The zero-order chi connectivity index (χ0) is 22.3. The first kappa shape index (κ1) is 22.2. The van der Waals surface area contributed by atoms with Crippen LogP contribution in [0.25, 0.3) is 12.2 Å². The highest BCUT2D eigenvalue weighted by molar-refractivity contribution is 7.12. The lowest BCUT2D eigenvalue weighted by molar-refractivity contribution is -0.126. The van der Waals surface area contributed by atoms with Gasteiger partial charge in [-0.05, 0) is 31.4 Å². The maximum Gasteiger partial charge on any atom is 0.240 e. The van der Waals surface area contributed by atoms with Crippen molar-refractivity contribution in [3.05, 3.63) is 63.8 Å². The fourth-order valence-corrected chi connectivity index (χ4v) is 3.70. The third kappa shape index (κ3) is 6.52. The lowest BCUT2D eigenvalue weighted by Gasteiger charge is -2.09. The smallest absolute Gasteiger partial charge is 0.240 e. The van der Waals surface area contributed by atoms with Crippen LogP contribution in [0.15, 0.2) is 42.7 Å². The number of nitrogens with one attached hydrogen (secondary N) is 2. The number of ether oxygens (including phenoxy) is 1. The van der Waals surface area contributed by atoms with E-state index in [9.17, 15) is 9.59 Å². The average Bonchev–Trinajstić information content (AvgIpc) is 3.44. The van der Waals surface area contributed by atoms with Crippen molar-refractivity contribution in [2.45, 2.75) is 38.3 Å². The third-order valence-corrected chi connectivity index (χ3v) is 5.73. The molecule has 2 amide bonds. The number of rotatable bonds is 10. The predicted molar refractivity (Wildman–Crippen MR) is 120 cm³/mol. The average molecular weight is 437 g/mol. The Bertz CT molecular complexity index is 1030. The summed E-state index contributed by atoms with van der Waals surface area (Å²) in [4.78, 5) is 29.4. The first-order chi connectivity index (χ1) is 14.9. The van der Waals surface area contributed by atoms with E-state index in [4.69, 9.17) is 10.00 Å². The van der Waals surface area contributed by atoms with Crippen LogP contribution in [0.2, 0.25) is 0 Å². The number of carbonyl (C=O) groups is 2. The van der Waals surface area contributed by atoms with Gasteiger partial charge in [0.2, 0.25) is 11.8 Å². The number of carbonyl (C=O) groups excluding carboxylic acids is 2. The van der Waals surface area contributed by atoms with Crippen molar-refractivity contribution in [1.82, 2.24) is 15.6 Å². The summed E-state index contributed by atoms with van der Waals surface area (Å²) in [6, 6.07) is 11.9. The molecular weight excluding hydrogens is 412 g/mol. The van der Waals surface area contributed by atoms with Crippen molar-refractivity contribution in [1.29, 1.82) is 5.26 Å². The number of nitriles is 1. The Hall–Kier alpha value is -3.44. The number of nitrogens with zero attached hydrogens (tertiary/aromatic N) is 2. The summed E-state index contributed by atoms with van der Waals surface area (Å²) >= 11 is 1.37. The fraction of sp³-hybridized carbons (Fsp3) is 0.304. The second-order valence-corrected chi connectivity index (χ2v) is 8.40. The van der Waals surface area contributed by atoms with E-state index in [-0.39, 0.29) is 24.8 Å². The van der Waals surface area contributed by atoms with Crippen LogP contribution >= 0.6 is 11.3 Å². The quantitative estimate of drug-likeness (QED) is 0.557. The number of hydrogen-bond acceptors (Lipinski definition) is 6. The minimum atomic E-state index is -0.738. The predicted octanol–water partition coefficient (Wildman–Crippen LogP) is 3.19. The zero-order valence-corrected chi connectivity index (χ0v) is 18.1. The van der Waals surface area contributed by atoms with Gasteiger partial charge in [0, 0.05) is 6.08 Å². The van der Waals surface area contributed by atoms with Gasteiger partial charge in [0.05, 0.1) is 35.4 Å². The second kappa shape index (κ2) is 10.0. The maximum absolute atomic E-state index is 12.2. The van der Waals surface area contributed by atoms with Gasteiger partial charge in [-0.3, -0.25) is 9.59 Å². The van der Waals surface area contributed by atoms with Gasteiger partial charge in [-0.25, -0.2) is 4.98 Å². The van der Waals surface area contributed by atoms with Gasteiger partial charge >= 0.3 is 0 Å². The number of hydrogen-bond donors (Lipinski definition) is 2.